The SMILES string of the molecule is OCCN1CCCN(Cc2cccc(F)c2Br)CC1. The van der Waals surface area contributed by atoms with Gasteiger partial charge in [-0.3, -0.25) is 9.80 Å². The van der Waals surface area contributed by atoms with E-state index in [1.54, 1.807) is 6.07 Å². The van der Waals surface area contributed by atoms with Gasteiger partial charge in [0.05, 0.1) is 11.1 Å². The van der Waals surface area contributed by atoms with Crippen LogP contribution in [0.15, 0.2) is 22.7 Å². The van der Waals surface area contributed by atoms with Crippen LogP contribution in [0.5, 0.6) is 0 Å². The lowest BCUT2D eigenvalue weighted by atomic mass is 10.2. The van der Waals surface area contributed by atoms with Crippen LogP contribution < -0.4 is 0 Å². The van der Waals surface area contributed by atoms with Gasteiger partial charge in [-0.05, 0) is 47.1 Å². The Morgan fingerprint density at radius 2 is 1.89 bits per heavy atom. The Balaban J connectivity index is 1.94. The van der Waals surface area contributed by atoms with Crippen molar-refractivity contribution in [1.82, 2.24) is 9.80 Å². The molecular formula is C14H20BrFN2O. The van der Waals surface area contributed by atoms with Crippen molar-refractivity contribution in [3.63, 3.8) is 0 Å². The van der Waals surface area contributed by atoms with Crippen LogP contribution >= 0.6 is 15.9 Å². The zero-order valence-electron chi connectivity index (χ0n) is 11.0. The van der Waals surface area contributed by atoms with Gasteiger partial charge in [-0.15, -0.1) is 0 Å². The van der Waals surface area contributed by atoms with Crippen LogP contribution in [0.2, 0.25) is 0 Å². The monoisotopic (exact) mass is 330 g/mol. The Morgan fingerprint density at radius 1 is 1.16 bits per heavy atom. The molecule has 1 aromatic rings. The van der Waals surface area contributed by atoms with Crippen molar-refractivity contribution in [2.45, 2.75) is 13.0 Å². The van der Waals surface area contributed by atoms with E-state index < -0.39 is 0 Å². The summed E-state index contributed by atoms with van der Waals surface area (Å²) in [6.45, 7) is 5.71. The van der Waals surface area contributed by atoms with E-state index in [2.05, 4.69) is 25.7 Å². The van der Waals surface area contributed by atoms with Crippen molar-refractivity contribution in [2.24, 2.45) is 0 Å². The van der Waals surface area contributed by atoms with Gasteiger partial charge in [-0.25, -0.2) is 4.39 Å². The van der Waals surface area contributed by atoms with Crippen molar-refractivity contribution in [3.8, 4) is 0 Å². The molecule has 0 radical (unpaired) electrons. The summed E-state index contributed by atoms with van der Waals surface area (Å²) in [6, 6.07) is 5.19. The minimum Gasteiger partial charge on any atom is -0.395 e. The molecular weight excluding hydrogens is 311 g/mol. The molecule has 2 rings (SSSR count). The summed E-state index contributed by atoms with van der Waals surface area (Å²) < 4.78 is 14.1. The smallest absolute Gasteiger partial charge is 0.137 e. The zero-order valence-corrected chi connectivity index (χ0v) is 12.6. The van der Waals surface area contributed by atoms with Gasteiger partial charge < -0.3 is 5.11 Å². The number of hydrogen-bond acceptors (Lipinski definition) is 3. The van der Waals surface area contributed by atoms with Gasteiger partial charge in [-0.1, -0.05) is 12.1 Å². The van der Waals surface area contributed by atoms with E-state index in [0.717, 1.165) is 51.3 Å². The zero-order chi connectivity index (χ0) is 13.7. The first-order valence-corrected chi connectivity index (χ1v) is 7.48. The molecule has 1 heterocycles. The highest BCUT2D eigenvalue weighted by Gasteiger charge is 2.16. The second-order valence-electron chi connectivity index (χ2n) is 4.91. The van der Waals surface area contributed by atoms with Gasteiger partial charge in [0.25, 0.3) is 0 Å². The van der Waals surface area contributed by atoms with Crippen molar-refractivity contribution >= 4 is 15.9 Å². The van der Waals surface area contributed by atoms with Crippen LogP contribution in [0.3, 0.4) is 0 Å². The minimum absolute atomic E-state index is 0.200. The van der Waals surface area contributed by atoms with Crippen LogP contribution in [0, 0.1) is 5.82 Å². The predicted octanol–water partition coefficient (Wildman–Crippen LogP) is 2.09. The Kier molecular flexibility index (Phi) is 5.76. The highest BCUT2D eigenvalue weighted by molar-refractivity contribution is 9.10. The molecule has 0 aromatic heterocycles. The molecule has 0 bridgehead atoms. The molecule has 3 nitrogen and oxygen atoms in total. The average Bonchev–Trinajstić information content (AvgIpc) is 2.61. The van der Waals surface area contributed by atoms with Crippen molar-refractivity contribution in [3.05, 3.63) is 34.1 Å². The lowest BCUT2D eigenvalue weighted by Crippen LogP contribution is -2.32. The fraction of sp³-hybridized carbons (Fsp3) is 0.571. The number of benzene rings is 1. The van der Waals surface area contributed by atoms with Crippen molar-refractivity contribution < 1.29 is 9.50 Å². The standard InChI is InChI=1S/C14H20BrFN2O/c15-14-12(3-1-4-13(14)16)11-18-6-2-5-17(7-8-18)9-10-19/h1,3-4,19H,2,5-11H2. The Hall–Kier alpha value is -0.490. The maximum Gasteiger partial charge on any atom is 0.137 e. The number of aliphatic hydroxyl groups excluding tert-OH is 1. The van der Waals surface area contributed by atoms with Crippen LogP contribution in [0.1, 0.15) is 12.0 Å². The van der Waals surface area contributed by atoms with E-state index in [1.165, 1.54) is 6.07 Å². The lowest BCUT2D eigenvalue weighted by molar-refractivity contribution is 0.196. The summed E-state index contributed by atoms with van der Waals surface area (Å²) in [7, 11) is 0. The first kappa shape index (κ1) is 14.9. The molecule has 0 saturated carbocycles. The van der Waals surface area contributed by atoms with Gasteiger partial charge in [0, 0.05) is 26.2 Å². The number of rotatable bonds is 4. The number of β-amino-alcohol motifs (C(OH)–C–C–N with tert-alkyl or cyclic N) is 1. The highest BCUT2D eigenvalue weighted by Crippen LogP contribution is 2.22. The molecule has 0 aliphatic carbocycles. The van der Waals surface area contributed by atoms with Crippen LogP contribution in [0.4, 0.5) is 4.39 Å². The van der Waals surface area contributed by atoms with Gasteiger partial charge in [0.1, 0.15) is 5.82 Å². The van der Waals surface area contributed by atoms with E-state index in [9.17, 15) is 4.39 Å². The van der Waals surface area contributed by atoms with Gasteiger partial charge >= 0.3 is 0 Å². The molecule has 0 unspecified atom stereocenters. The third-order valence-electron chi connectivity index (χ3n) is 3.52. The van der Waals surface area contributed by atoms with E-state index in [-0.39, 0.29) is 12.4 Å². The number of nitrogens with zero attached hydrogens (tertiary/aromatic N) is 2. The number of aliphatic hydroxyl groups is 1. The highest BCUT2D eigenvalue weighted by atomic mass is 79.9. The Bertz CT molecular complexity index is 416. The van der Waals surface area contributed by atoms with E-state index in [0.29, 0.717) is 4.47 Å². The molecule has 1 fully saturated rings. The molecule has 0 amide bonds. The van der Waals surface area contributed by atoms with Crippen molar-refractivity contribution in [2.75, 3.05) is 39.3 Å². The van der Waals surface area contributed by atoms with Crippen LogP contribution in [0.25, 0.3) is 0 Å². The molecule has 1 aromatic carbocycles. The Morgan fingerprint density at radius 3 is 2.68 bits per heavy atom. The van der Waals surface area contributed by atoms with Gasteiger partial charge in [0.2, 0.25) is 0 Å². The minimum atomic E-state index is -0.200. The first-order chi connectivity index (χ1) is 9.20. The molecule has 1 N–H and O–H groups in total. The molecule has 1 aliphatic rings. The maximum absolute atomic E-state index is 13.5. The predicted molar refractivity (Wildman–Crippen MR) is 77.5 cm³/mol. The van der Waals surface area contributed by atoms with Crippen LogP contribution in [-0.2, 0) is 6.54 Å². The fourth-order valence-corrected chi connectivity index (χ4v) is 2.85. The fourth-order valence-electron chi connectivity index (χ4n) is 2.46. The number of hydrogen-bond donors (Lipinski definition) is 1. The summed E-state index contributed by atoms with van der Waals surface area (Å²) >= 11 is 3.32. The molecule has 5 heteroatoms. The normalized spacial score (nSPS) is 18.5. The van der Waals surface area contributed by atoms with Gasteiger partial charge in [-0.2, -0.15) is 0 Å². The molecule has 0 atom stereocenters. The molecule has 19 heavy (non-hydrogen) atoms. The third kappa shape index (κ3) is 4.24. The van der Waals surface area contributed by atoms with E-state index >= 15 is 0 Å². The Labute approximate surface area is 122 Å². The van der Waals surface area contributed by atoms with E-state index in [1.807, 2.05) is 6.07 Å². The lowest BCUT2D eigenvalue weighted by Gasteiger charge is -2.21. The average molecular weight is 331 g/mol. The molecule has 1 saturated heterocycles. The summed E-state index contributed by atoms with van der Waals surface area (Å²) in [6.07, 6.45) is 1.09. The number of halogens is 2. The maximum atomic E-state index is 13.5. The van der Waals surface area contributed by atoms with Crippen LogP contribution in [-0.4, -0.2) is 54.2 Å². The third-order valence-corrected chi connectivity index (χ3v) is 4.41. The summed E-state index contributed by atoms with van der Waals surface area (Å²) in [5, 5.41) is 8.98. The second-order valence-corrected chi connectivity index (χ2v) is 5.70. The second kappa shape index (κ2) is 7.33. The quantitative estimate of drug-likeness (QED) is 0.915. The van der Waals surface area contributed by atoms with Crippen molar-refractivity contribution in [1.29, 1.82) is 0 Å². The van der Waals surface area contributed by atoms with Gasteiger partial charge in [0.15, 0.2) is 0 Å². The summed E-state index contributed by atoms with van der Waals surface area (Å²) in [5.74, 6) is -0.200. The molecule has 1 aliphatic heterocycles. The molecule has 0 spiro atoms. The summed E-state index contributed by atoms with van der Waals surface area (Å²) in [5.41, 5.74) is 0.996. The topological polar surface area (TPSA) is 26.7 Å². The first-order valence-electron chi connectivity index (χ1n) is 6.69. The summed E-state index contributed by atoms with van der Waals surface area (Å²) in [4.78, 5) is 4.62. The largest absolute Gasteiger partial charge is 0.395 e. The molecule has 106 valence electrons. The van der Waals surface area contributed by atoms with E-state index in [4.69, 9.17) is 5.11 Å².